The van der Waals surface area contributed by atoms with Crippen LogP contribution >= 0.6 is 11.6 Å². The maximum Gasteiger partial charge on any atom is 0.141 e. The molecule has 1 heterocycles. The maximum atomic E-state index is 9.31. The van der Waals surface area contributed by atoms with Crippen LogP contribution in [0.3, 0.4) is 0 Å². The molecule has 0 saturated heterocycles. The monoisotopic (exact) mass is 288 g/mol. The number of anilines is 1. The average molecular weight is 289 g/mol. The van der Waals surface area contributed by atoms with Crippen molar-refractivity contribution in [1.29, 1.82) is 0 Å². The summed E-state index contributed by atoms with van der Waals surface area (Å²) < 4.78 is 0. The van der Waals surface area contributed by atoms with Gasteiger partial charge in [-0.2, -0.15) is 0 Å². The molecule has 2 aromatic carbocycles. The second-order valence-corrected chi connectivity index (χ2v) is 4.49. The Balaban J connectivity index is 0.000000151. The number of rotatable bonds is 0. The Morgan fingerprint density at radius 3 is 2.35 bits per heavy atom. The summed E-state index contributed by atoms with van der Waals surface area (Å²) in [4.78, 5) is 4.03. The molecule has 3 aromatic rings. The molecule has 0 radical (unpaired) electrons. The van der Waals surface area contributed by atoms with Crippen molar-refractivity contribution in [1.82, 2.24) is 4.98 Å². The van der Waals surface area contributed by atoms with Gasteiger partial charge in [0.2, 0.25) is 0 Å². The number of phenolic OH excluding ortho intramolecular Hbond substituents is 2. The van der Waals surface area contributed by atoms with Crippen molar-refractivity contribution in [3.05, 3.63) is 59.8 Å². The molecule has 0 spiro atoms. The third-order valence-corrected chi connectivity index (χ3v) is 2.84. The molecule has 0 bridgehead atoms. The van der Waals surface area contributed by atoms with Crippen molar-refractivity contribution in [2.45, 2.75) is 0 Å². The van der Waals surface area contributed by atoms with Crippen LogP contribution in [0.2, 0.25) is 5.02 Å². The minimum Gasteiger partial charge on any atom is -0.506 e. The fourth-order valence-corrected chi connectivity index (χ4v) is 1.79. The molecule has 4 nitrogen and oxygen atoms in total. The molecular formula is C15H13ClN2O2. The largest absolute Gasteiger partial charge is 0.506 e. The van der Waals surface area contributed by atoms with Crippen molar-refractivity contribution in [2.75, 3.05) is 5.73 Å². The second-order valence-electron chi connectivity index (χ2n) is 4.06. The van der Waals surface area contributed by atoms with Crippen LogP contribution in [0.5, 0.6) is 11.5 Å². The Kier molecular flexibility index (Phi) is 4.27. The third-order valence-electron chi connectivity index (χ3n) is 2.60. The van der Waals surface area contributed by atoms with Crippen LogP contribution in [-0.4, -0.2) is 15.2 Å². The first-order chi connectivity index (χ1) is 9.58. The van der Waals surface area contributed by atoms with Gasteiger partial charge in [-0.05, 0) is 30.3 Å². The first kappa shape index (κ1) is 14.0. The van der Waals surface area contributed by atoms with E-state index in [4.69, 9.17) is 22.4 Å². The number of fused-ring (bicyclic) bond motifs is 1. The molecule has 5 heteroatoms. The topological polar surface area (TPSA) is 79.4 Å². The fourth-order valence-electron chi connectivity index (χ4n) is 1.61. The maximum absolute atomic E-state index is 9.31. The van der Waals surface area contributed by atoms with E-state index in [0.29, 0.717) is 16.2 Å². The molecule has 20 heavy (non-hydrogen) atoms. The molecule has 0 unspecified atom stereocenters. The number of nitrogen functional groups attached to an aromatic ring is 1. The average Bonchev–Trinajstić information content (AvgIpc) is 2.45. The van der Waals surface area contributed by atoms with Gasteiger partial charge in [-0.15, -0.1) is 0 Å². The molecule has 4 N–H and O–H groups in total. The Morgan fingerprint density at radius 2 is 1.70 bits per heavy atom. The summed E-state index contributed by atoms with van der Waals surface area (Å²) in [6.07, 6.45) is 1.67. The van der Waals surface area contributed by atoms with E-state index >= 15 is 0 Å². The van der Waals surface area contributed by atoms with E-state index < -0.39 is 0 Å². The Labute approximate surface area is 121 Å². The van der Waals surface area contributed by atoms with Crippen molar-refractivity contribution < 1.29 is 10.2 Å². The molecule has 0 saturated carbocycles. The molecule has 0 aliphatic heterocycles. The molecule has 0 amide bonds. The summed E-state index contributed by atoms with van der Waals surface area (Å²) in [5.41, 5.74) is 6.26. The smallest absolute Gasteiger partial charge is 0.141 e. The minimum absolute atomic E-state index is 0.0689. The van der Waals surface area contributed by atoms with Gasteiger partial charge in [0.1, 0.15) is 17.0 Å². The summed E-state index contributed by atoms with van der Waals surface area (Å²) in [5, 5.41) is 19.7. The molecule has 0 atom stereocenters. The number of aromatic nitrogens is 1. The second kappa shape index (κ2) is 6.12. The van der Waals surface area contributed by atoms with E-state index in [-0.39, 0.29) is 11.5 Å². The van der Waals surface area contributed by atoms with Crippen LogP contribution in [0, 0.1) is 0 Å². The fraction of sp³-hybridized carbons (Fsp3) is 0. The zero-order valence-corrected chi connectivity index (χ0v) is 11.2. The first-order valence-electron chi connectivity index (χ1n) is 5.84. The third kappa shape index (κ3) is 3.30. The molecule has 0 fully saturated rings. The zero-order valence-electron chi connectivity index (χ0n) is 10.5. The molecular weight excluding hydrogens is 276 g/mol. The van der Waals surface area contributed by atoms with Gasteiger partial charge in [0.25, 0.3) is 0 Å². The lowest BCUT2D eigenvalue weighted by atomic mass is 10.2. The highest BCUT2D eigenvalue weighted by Gasteiger charge is 1.96. The summed E-state index contributed by atoms with van der Waals surface area (Å²) in [7, 11) is 0. The highest BCUT2D eigenvalue weighted by Crippen LogP contribution is 2.22. The lowest BCUT2D eigenvalue weighted by Gasteiger charge is -1.96. The number of pyridine rings is 1. The van der Waals surface area contributed by atoms with Gasteiger partial charge < -0.3 is 15.9 Å². The first-order valence-corrected chi connectivity index (χ1v) is 6.22. The van der Waals surface area contributed by atoms with Crippen molar-refractivity contribution >= 4 is 28.2 Å². The van der Waals surface area contributed by atoms with Crippen LogP contribution < -0.4 is 5.73 Å². The van der Waals surface area contributed by atoms with E-state index in [1.54, 1.807) is 24.4 Å². The highest BCUT2D eigenvalue weighted by molar-refractivity contribution is 6.30. The summed E-state index contributed by atoms with van der Waals surface area (Å²) >= 11 is 5.53. The minimum atomic E-state index is 0.0689. The van der Waals surface area contributed by atoms with Gasteiger partial charge in [-0.3, -0.25) is 4.98 Å². The summed E-state index contributed by atoms with van der Waals surface area (Å²) in [6, 6.07) is 13.7. The van der Waals surface area contributed by atoms with E-state index in [1.165, 1.54) is 12.1 Å². The van der Waals surface area contributed by atoms with E-state index in [1.807, 2.05) is 18.2 Å². The predicted molar refractivity (Wildman–Crippen MR) is 80.9 cm³/mol. The van der Waals surface area contributed by atoms with Gasteiger partial charge in [0.15, 0.2) is 0 Å². The van der Waals surface area contributed by atoms with Gasteiger partial charge in [-0.25, -0.2) is 0 Å². The number of nitrogens with zero attached hydrogens (tertiary/aromatic N) is 1. The predicted octanol–water partition coefficient (Wildman–Crippen LogP) is 3.57. The van der Waals surface area contributed by atoms with Crippen LogP contribution in [-0.2, 0) is 0 Å². The highest BCUT2D eigenvalue weighted by atomic mass is 35.5. The molecule has 0 aliphatic carbocycles. The van der Waals surface area contributed by atoms with Gasteiger partial charge in [-0.1, -0.05) is 29.8 Å². The molecule has 0 aliphatic rings. The van der Waals surface area contributed by atoms with Crippen LogP contribution in [0.25, 0.3) is 10.9 Å². The van der Waals surface area contributed by atoms with E-state index in [2.05, 4.69) is 4.98 Å². The number of para-hydroxylation sites is 1. The lowest BCUT2D eigenvalue weighted by molar-refractivity contribution is 0.478. The molecule has 1 aromatic heterocycles. The van der Waals surface area contributed by atoms with Gasteiger partial charge in [0, 0.05) is 16.6 Å². The quantitative estimate of drug-likeness (QED) is 0.436. The Bertz CT molecular complexity index is 727. The number of nitrogens with two attached hydrogens (primary N) is 1. The number of phenols is 2. The zero-order chi connectivity index (χ0) is 14.5. The van der Waals surface area contributed by atoms with Crippen LogP contribution in [0.4, 0.5) is 5.69 Å². The van der Waals surface area contributed by atoms with Gasteiger partial charge in [0.05, 0.1) is 5.69 Å². The molecule has 102 valence electrons. The van der Waals surface area contributed by atoms with Crippen molar-refractivity contribution in [3.8, 4) is 11.5 Å². The lowest BCUT2D eigenvalue weighted by Crippen LogP contribution is -1.83. The standard InChI is InChI=1S/C9H7NO.C6H6ClNO/c11-8-5-1-3-7-4-2-6-10-9(7)8;7-4-1-2-6(9)5(8)3-4/h1-6,11H;1-3,9H,8H2. The van der Waals surface area contributed by atoms with Crippen molar-refractivity contribution in [2.24, 2.45) is 0 Å². The number of halogens is 1. The molecule has 3 rings (SSSR count). The summed E-state index contributed by atoms with van der Waals surface area (Å²) in [5.74, 6) is 0.308. The number of aromatic hydroxyl groups is 2. The number of hydrogen-bond acceptors (Lipinski definition) is 4. The van der Waals surface area contributed by atoms with Crippen LogP contribution in [0.15, 0.2) is 54.7 Å². The Morgan fingerprint density at radius 1 is 0.950 bits per heavy atom. The van der Waals surface area contributed by atoms with Crippen LogP contribution in [0.1, 0.15) is 0 Å². The van der Waals surface area contributed by atoms with E-state index in [0.717, 1.165) is 5.39 Å². The van der Waals surface area contributed by atoms with Crippen molar-refractivity contribution in [3.63, 3.8) is 0 Å². The van der Waals surface area contributed by atoms with Gasteiger partial charge >= 0.3 is 0 Å². The summed E-state index contributed by atoms with van der Waals surface area (Å²) in [6.45, 7) is 0. The SMILES string of the molecule is Nc1cc(Cl)ccc1O.Oc1cccc2cccnc12. The number of benzene rings is 2. The normalized spacial score (nSPS) is 9.85. The number of hydrogen-bond donors (Lipinski definition) is 3. The van der Waals surface area contributed by atoms with E-state index in [9.17, 15) is 5.11 Å². The Hall–Kier alpha value is -2.46.